The molecule has 1 N–H and O–H groups in total. The lowest BCUT2D eigenvalue weighted by atomic mass is 9.85. The summed E-state index contributed by atoms with van der Waals surface area (Å²) in [6.45, 7) is 0. The van der Waals surface area contributed by atoms with Crippen LogP contribution in [0.2, 0.25) is 0 Å². The molecule has 6 rings (SSSR count). The van der Waals surface area contributed by atoms with Gasteiger partial charge >= 0.3 is 0 Å². The van der Waals surface area contributed by atoms with Crippen molar-refractivity contribution in [2.75, 3.05) is 0 Å². The molecule has 0 saturated carbocycles. The molecule has 0 spiro atoms. The van der Waals surface area contributed by atoms with E-state index in [4.69, 9.17) is 0 Å². The molecule has 156 valence electrons. The van der Waals surface area contributed by atoms with Gasteiger partial charge in [-0.2, -0.15) is 0 Å². The molecule has 0 saturated heterocycles. The van der Waals surface area contributed by atoms with E-state index in [-0.39, 0.29) is 0 Å². The van der Waals surface area contributed by atoms with Crippen LogP contribution in [-0.4, -0.2) is 4.98 Å². The van der Waals surface area contributed by atoms with E-state index < -0.39 is 0 Å². The van der Waals surface area contributed by atoms with Crippen LogP contribution in [0.5, 0.6) is 0 Å². The number of fused-ring (bicyclic) bond motifs is 3. The number of nitrogens with one attached hydrogen (secondary N) is 1. The van der Waals surface area contributed by atoms with Gasteiger partial charge in [0.15, 0.2) is 0 Å². The van der Waals surface area contributed by atoms with Crippen molar-refractivity contribution in [3.63, 3.8) is 0 Å². The Labute approximate surface area is 193 Å². The molecular weight excluding hydrogens is 398 g/mol. The second-order valence-corrected chi connectivity index (χ2v) is 8.28. The Morgan fingerprint density at radius 1 is 0.364 bits per heavy atom. The van der Waals surface area contributed by atoms with E-state index in [1.807, 2.05) is 0 Å². The second kappa shape index (κ2) is 8.29. The van der Waals surface area contributed by atoms with Crippen molar-refractivity contribution in [1.82, 2.24) is 4.98 Å². The van der Waals surface area contributed by atoms with Gasteiger partial charge in [-0.15, -0.1) is 0 Å². The highest BCUT2D eigenvalue weighted by Crippen LogP contribution is 2.38. The van der Waals surface area contributed by atoms with Crippen molar-refractivity contribution in [2.24, 2.45) is 0 Å². The van der Waals surface area contributed by atoms with E-state index in [0.717, 1.165) is 5.52 Å². The fourth-order valence-electron chi connectivity index (χ4n) is 4.73. The quantitative estimate of drug-likeness (QED) is 0.275. The summed E-state index contributed by atoms with van der Waals surface area (Å²) in [6.07, 6.45) is 0. The SMILES string of the molecule is c1ccc(C(=C(c2ccccc2)c2ccc3[nH]c4ccccc4c3c2)c2ccccc2)cc1. The summed E-state index contributed by atoms with van der Waals surface area (Å²) in [5, 5.41) is 2.50. The number of rotatable bonds is 4. The van der Waals surface area contributed by atoms with Crippen molar-refractivity contribution in [1.29, 1.82) is 0 Å². The third-order valence-corrected chi connectivity index (χ3v) is 6.23. The number of benzene rings is 5. The third-order valence-electron chi connectivity index (χ3n) is 6.23. The third kappa shape index (κ3) is 3.54. The predicted octanol–water partition coefficient (Wildman–Crippen LogP) is 8.33. The molecule has 0 fully saturated rings. The van der Waals surface area contributed by atoms with Gasteiger partial charge in [-0.3, -0.25) is 0 Å². The Morgan fingerprint density at radius 3 is 1.39 bits per heavy atom. The first kappa shape index (κ1) is 19.3. The molecule has 1 heteroatoms. The summed E-state index contributed by atoms with van der Waals surface area (Å²) in [6, 6.07) is 47.5. The molecule has 1 aromatic heterocycles. The van der Waals surface area contributed by atoms with Crippen molar-refractivity contribution in [3.05, 3.63) is 156 Å². The fraction of sp³-hybridized carbons (Fsp3) is 0. The number of aromatic amines is 1. The summed E-state index contributed by atoms with van der Waals surface area (Å²) in [5.74, 6) is 0. The lowest BCUT2D eigenvalue weighted by molar-refractivity contribution is 1.50. The second-order valence-electron chi connectivity index (χ2n) is 8.28. The molecule has 0 aliphatic carbocycles. The average Bonchev–Trinajstić information content (AvgIpc) is 3.27. The summed E-state index contributed by atoms with van der Waals surface area (Å²) in [4.78, 5) is 3.56. The van der Waals surface area contributed by atoms with Gasteiger partial charge in [0, 0.05) is 21.8 Å². The van der Waals surface area contributed by atoms with E-state index in [2.05, 4.69) is 138 Å². The van der Waals surface area contributed by atoms with Gasteiger partial charge in [-0.1, -0.05) is 115 Å². The fourth-order valence-corrected chi connectivity index (χ4v) is 4.73. The van der Waals surface area contributed by atoms with Crippen LogP contribution in [0.15, 0.2) is 133 Å². The molecule has 0 aliphatic rings. The lowest BCUT2D eigenvalue weighted by Gasteiger charge is -2.18. The van der Waals surface area contributed by atoms with Crippen molar-refractivity contribution >= 4 is 33.0 Å². The van der Waals surface area contributed by atoms with Crippen molar-refractivity contribution in [2.45, 2.75) is 0 Å². The minimum atomic E-state index is 1.16. The molecule has 6 aromatic rings. The Morgan fingerprint density at radius 2 is 0.818 bits per heavy atom. The number of aromatic nitrogens is 1. The number of hydrogen-bond acceptors (Lipinski definition) is 0. The van der Waals surface area contributed by atoms with E-state index in [1.54, 1.807) is 0 Å². The largest absolute Gasteiger partial charge is 0.355 e. The van der Waals surface area contributed by atoms with Gasteiger partial charge in [0.05, 0.1) is 0 Å². The zero-order chi connectivity index (χ0) is 22.0. The molecule has 33 heavy (non-hydrogen) atoms. The molecule has 0 radical (unpaired) electrons. The standard InChI is InChI=1S/C32H23N/c1-4-12-23(13-5-1)31(24-14-6-2-7-15-24)32(25-16-8-3-9-17-25)26-20-21-30-28(22-26)27-18-10-11-19-29(27)33-30/h1-22,33H. The van der Waals surface area contributed by atoms with Crippen LogP contribution in [0, 0.1) is 0 Å². The predicted molar refractivity (Wildman–Crippen MR) is 140 cm³/mol. The van der Waals surface area contributed by atoms with Crippen molar-refractivity contribution in [3.8, 4) is 0 Å². The first-order valence-corrected chi connectivity index (χ1v) is 11.3. The van der Waals surface area contributed by atoms with Gasteiger partial charge in [0.25, 0.3) is 0 Å². The average molecular weight is 422 g/mol. The molecule has 0 bridgehead atoms. The maximum absolute atomic E-state index is 3.56. The van der Waals surface area contributed by atoms with E-state index in [1.165, 1.54) is 49.7 Å². The molecule has 0 amide bonds. The summed E-state index contributed by atoms with van der Waals surface area (Å²) < 4.78 is 0. The molecular formula is C32H23N. The zero-order valence-electron chi connectivity index (χ0n) is 18.2. The zero-order valence-corrected chi connectivity index (χ0v) is 18.2. The topological polar surface area (TPSA) is 15.8 Å². The van der Waals surface area contributed by atoms with Crippen LogP contribution in [0.25, 0.3) is 33.0 Å². The normalized spacial score (nSPS) is 11.0. The van der Waals surface area contributed by atoms with E-state index in [0.29, 0.717) is 0 Å². The Bertz CT molecular complexity index is 1530. The summed E-state index contributed by atoms with van der Waals surface area (Å²) >= 11 is 0. The van der Waals surface area contributed by atoms with E-state index in [9.17, 15) is 0 Å². The van der Waals surface area contributed by atoms with Crippen LogP contribution in [0.1, 0.15) is 22.3 Å². The summed E-state index contributed by atoms with van der Waals surface area (Å²) in [5.41, 5.74) is 9.64. The number of hydrogen-bond donors (Lipinski definition) is 1. The number of H-pyrrole nitrogens is 1. The summed E-state index contributed by atoms with van der Waals surface area (Å²) in [7, 11) is 0. The Balaban J connectivity index is 1.72. The van der Waals surface area contributed by atoms with Gasteiger partial charge < -0.3 is 4.98 Å². The van der Waals surface area contributed by atoms with Crippen LogP contribution in [0.4, 0.5) is 0 Å². The number of para-hydroxylation sites is 1. The van der Waals surface area contributed by atoms with E-state index >= 15 is 0 Å². The minimum Gasteiger partial charge on any atom is -0.355 e. The van der Waals surface area contributed by atoms with Crippen LogP contribution in [-0.2, 0) is 0 Å². The molecule has 0 unspecified atom stereocenters. The molecule has 1 heterocycles. The highest BCUT2D eigenvalue weighted by molar-refractivity contribution is 6.11. The maximum atomic E-state index is 3.56. The first-order valence-electron chi connectivity index (χ1n) is 11.3. The maximum Gasteiger partial charge on any atom is 0.0465 e. The Hall–Kier alpha value is -4.36. The molecule has 5 aromatic carbocycles. The minimum absolute atomic E-state index is 1.16. The Kier molecular flexibility index (Phi) is 4.86. The van der Waals surface area contributed by atoms with Gasteiger partial charge in [0.2, 0.25) is 0 Å². The van der Waals surface area contributed by atoms with Gasteiger partial charge in [-0.05, 0) is 51.6 Å². The highest BCUT2D eigenvalue weighted by atomic mass is 14.7. The molecule has 0 aliphatic heterocycles. The first-order chi connectivity index (χ1) is 16.4. The van der Waals surface area contributed by atoms with Crippen molar-refractivity contribution < 1.29 is 0 Å². The lowest BCUT2D eigenvalue weighted by Crippen LogP contribution is -1.97. The van der Waals surface area contributed by atoms with Gasteiger partial charge in [-0.25, -0.2) is 0 Å². The van der Waals surface area contributed by atoms with Crippen LogP contribution < -0.4 is 0 Å². The smallest absolute Gasteiger partial charge is 0.0465 e. The monoisotopic (exact) mass is 421 g/mol. The van der Waals surface area contributed by atoms with Gasteiger partial charge in [0.1, 0.15) is 0 Å². The highest BCUT2D eigenvalue weighted by Gasteiger charge is 2.17. The van der Waals surface area contributed by atoms with Crippen LogP contribution >= 0.6 is 0 Å². The van der Waals surface area contributed by atoms with Crippen LogP contribution in [0.3, 0.4) is 0 Å². The molecule has 0 atom stereocenters. The molecule has 1 nitrogen and oxygen atoms in total.